The third-order valence-corrected chi connectivity index (χ3v) is 8.98. The van der Waals surface area contributed by atoms with Crippen molar-refractivity contribution in [2.45, 2.75) is 88.8 Å². The zero-order valence-corrected chi connectivity index (χ0v) is 16.4. The molecule has 0 heterocycles. The number of aliphatic hydroxyl groups is 5. The van der Waals surface area contributed by atoms with E-state index in [4.69, 9.17) is 0 Å². The molecule has 4 rings (SSSR count). The van der Waals surface area contributed by atoms with Crippen molar-refractivity contribution < 1.29 is 30.3 Å². The maximum atomic E-state index is 12.3. The molecule has 4 aliphatic carbocycles. The number of carbonyl (C=O) groups is 1. The molecule has 0 spiro atoms. The molecule has 4 aliphatic rings. The lowest BCUT2D eigenvalue weighted by atomic mass is 9.42. The normalized spacial score (nSPS) is 57.3. The molecule has 0 unspecified atom stereocenters. The van der Waals surface area contributed by atoms with Crippen LogP contribution in [0.2, 0.25) is 0 Å². The zero-order valence-electron chi connectivity index (χ0n) is 16.4. The van der Waals surface area contributed by atoms with E-state index in [1.54, 1.807) is 6.92 Å². The van der Waals surface area contributed by atoms with E-state index in [0.29, 0.717) is 19.3 Å². The van der Waals surface area contributed by atoms with Gasteiger partial charge >= 0.3 is 0 Å². The standard InChI is InChI=1S/C21H32O6/c1-11(22)14-9-17(25)21(27)19(14,3)16(24)10-15-18(2)6-5-13(23)8-12(18)4-7-20(15,21)26/h4,13-17,23-27H,5-10H2,1-3H3/t13-,14-,15+,16+,17+,18-,19-,20-,21+/m0/s1. The van der Waals surface area contributed by atoms with E-state index < -0.39 is 52.2 Å². The molecule has 27 heavy (non-hydrogen) atoms. The minimum Gasteiger partial charge on any atom is -0.393 e. The van der Waals surface area contributed by atoms with Gasteiger partial charge in [0.25, 0.3) is 0 Å². The molecule has 152 valence electrons. The largest absolute Gasteiger partial charge is 0.393 e. The second-order valence-corrected chi connectivity index (χ2v) is 9.94. The number of rotatable bonds is 1. The molecule has 0 radical (unpaired) electrons. The number of hydrogen-bond acceptors (Lipinski definition) is 6. The van der Waals surface area contributed by atoms with Crippen LogP contribution in [0.25, 0.3) is 0 Å². The molecule has 6 nitrogen and oxygen atoms in total. The molecular formula is C21H32O6. The van der Waals surface area contributed by atoms with Crippen LogP contribution in [-0.2, 0) is 4.79 Å². The number of hydrogen-bond donors (Lipinski definition) is 5. The Labute approximate surface area is 159 Å². The van der Waals surface area contributed by atoms with Crippen molar-refractivity contribution in [2.24, 2.45) is 22.7 Å². The van der Waals surface area contributed by atoms with Gasteiger partial charge in [0.15, 0.2) is 0 Å². The molecule has 0 saturated heterocycles. The van der Waals surface area contributed by atoms with Gasteiger partial charge in [-0.2, -0.15) is 0 Å². The summed E-state index contributed by atoms with van der Waals surface area (Å²) >= 11 is 0. The summed E-state index contributed by atoms with van der Waals surface area (Å²) in [6.45, 7) is 5.09. The monoisotopic (exact) mass is 380 g/mol. The summed E-state index contributed by atoms with van der Waals surface area (Å²) in [5.41, 5.74) is -4.31. The van der Waals surface area contributed by atoms with Gasteiger partial charge in [0.2, 0.25) is 0 Å². The smallest absolute Gasteiger partial charge is 0.133 e. The maximum Gasteiger partial charge on any atom is 0.133 e. The average molecular weight is 380 g/mol. The van der Waals surface area contributed by atoms with Gasteiger partial charge in [0.05, 0.1) is 18.3 Å². The number of ketones is 1. The van der Waals surface area contributed by atoms with E-state index in [0.717, 1.165) is 5.57 Å². The first kappa shape index (κ1) is 19.5. The van der Waals surface area contributed by atoms with Crippen molar-refractivity contribution in [1.29, 1.82) is 0 Å². The van der Waals surface area contributed by atoms with Crippen LogP contribution in [0.1, 0.15) is 59.3 Å². The van der Waals surface area contributed by atoms with E-state index in [2.05, 4.69) is 0 Å². The van der Waals surface area contributed by atoms with Crippen molar-refractivity contribution in [1.82, 2.24) is 0 Å². The van der Waals surface area contributed by atoms with Crippen LogP contribution < -0.4 is 0 Å². The number of aliphatic hydroxyl groups excluding tert-OH is 3. The summed E-state index contributed by atoms with van der Waals surface area (Å²) in [4.78, 5) is 12.3. The lowest BCUT2D eigenvalue weighted by molar-refractivity contribution is -0.317. The Bertz CT molecular complexity index is 705. The van der Waals surface area contributed by atoms with Gasteiger partial charge in [-0.3, -0.25) is 4.79 Å². The molecular weight excluding hydrogens is 348 g/mol. The molecule has 0 aromatic heterocycles. The molecule has 0 aromatic rings. The fourth-order valence-corrected chi connectivity index (χ4v) is 7.32. The third-order valence-electron chi connectivity index (χ3n) is 8.98. The molecule has 0 amide bonds. The van der Waals surface area contributed by atoms with Crippen LogP contribution in [0.5, 0.6) is 0 Å². The quantitative estimate of drug-likeness (QED) is 0.427. The fourth-order valence-electron chi connectivity index (χ4n) is 7.32. The second-order valence-electron chi connectivity index (χ2n) is 9.94. The van der Waals surface area contributed by atoms with Crippen molar-refractivity contribution in [3.05, 3.63) is 11.6 Å². The lowest BCUT2D eigenvalue weighted by Crippen LogP contribution is -2.78. The topological polar surface area (TPSA) is 118 Å². The lowest BCUT2D eigenvalue weighted by Gasteiger charge is -2.66. The third kappa shape index (κ3) is 2.06. The van der Waals surface area contributed by atoms with Crippen molar-refractivity contribution in [3.8, 4) is 0 Å². The second kappa shape index (κ2) is 5.63. The highest BCUT2D eigenvalue weighted by atomic mass is 16.4. The van der Waals surface area contributed by atoms with E-state index in [-0.39, 0.29) is 25.0 Å². The number of Topliss-reactive ketones (excluding diaryl/α,β-unsaturated/α-hetero) is 1. The van der Waals surface area contributed by atoms with E-state index in [9.17, 15) is 30.3 Å². The molecule has 5 N–H and O–H groups in total. The van der Waals surface area contributed by atoms with Crippen LogP contribution in [0.3, 0.4) is 0 Å². The van der Waals surface area contributed by atoms with Crippen LogP contribution in [0, 0.1) is 22.7 Å². The van der Waals surface area contributed by atoms with E-state index >= 15 is 0 Å². The van der Waals surface area contributed by atoms with Crippen molar-refractivity contribution in [3.63, 3.8) is 0 Å². The SMILES string of the molecule is CC(=O)[C@@H]1C[C@@H](O)[C@@]2(O)[C@]1(C)[C@H](O)C[C@@H]1[C@@]3(C)CC[C@H](O)CC3=CC[C@]12O. The first-order valence-corrected chi connectivity index (χ1v) is 10.1. The summed E-state index contributed by atoms with van der Waals surface area (Å²) in [6.07, 6.45) is 1.44. The van der Waals surface area contributed by atoms with Gasteiger partial charge in [0, 0.05) is 17.3 Å². The summed E-state index contributed by atoms with van der Waals surface area (Å²) in [5.74, 6) is -1.35. The van der Waals surface area contributed by atoms with E-state index in [1.807, 2.05) is 13.0 Å². The first-order chi connectivity index (χ1) is 12.4. The van der Waals surface area contributed by atoms with E-state index in [1.165, 1.54) is 6.92 Å². The van der Waals surface area contributed by atoms with Gasteiger partial charge < -0.3 is 25.5 Å². The average Bonchev–Trinajstić information content (AvgIpc) is 2.82. The molecule has 0 bridgehead atoms. The van der Waals surface area contributed by atoms with Crippen LogP contribution >= 0.6 is 0 Å². The Morgan fingerprint density at radius 3 is 2.41 bits per heavy atom. The maximum absolute atomic E-state index is 12.3. The summed E-state index contributed by atoms with van der Waals surface area (Å²) in [7, 11) is 0. The highest BCUT2D eigenvalue weighted by molar-refractivity contribution is 5.80. The summed E-state index contributed by atoms with van der Waals surface area (Å²) in [6, 6.07) is 0. The molecule has 9 atom stereocenters. The molecule has 6 heteroatoms. The number of fused-ring (bicyclic) bond motifs is 5. The Hall–Kier alpha value is -0.790. The predicted molar refractivity (Wildman–Crippen MR) is 97.6 cm³/mol. The van der Waals surface area contributed by atoms with Crippen LogP contribution in [0.4, 0.5) is 0 Å². The minimum absolute atomic E-state index is 0.0421. The first-order valence-electron chi connectivity index (χ1n) is 10.1. The summed E-state index contributed by atoms with van der Waals surface area (Å²) in [5, 5.41) is 55.9. The Balaban J connectivity index is 1.88. The van der Waals surface area contributed by atoms with Gasteiger partial charge in [-0.05, 0) is 50.9 Å². The molecule has 3 saturated carbocycles. The highest BCUT2D eigenvalue weighted by Gasteiger charge is 2.79. The van der Waals surface area contributed by atoms with Gasteiger partial charge in [-0.15, -0.1) is 0 Å². The Kier molecular flexibility index (Phi) is 4.07. The van der Waals surface area contributed by atoms with Crippen LogP contribution in [-0.4, -0.2) is 60.8 Å². The summed E-state index contributed by atoms with van der Waals surface area (Å²) < 4.78 is 0. The van der Waals surface area contributed by atoms with Gasteiger partial charge in [0.1, 0.15) is 17.0 Å². The Morgan fingerprint density at radius 1 is 1.11 bits per heavy atom. The predicted octanol–water partition coefficient (Wildman–Crippen LogP) is 0.687. The fraction of sp³-hybridized carbons (Fsp3) is 0.857. The minimum atomic E-state index is -1.97. The highest BCUT2D eigenvalue weighted by Crippen LogP contribution is 2.69. The van der Waals surface area contributed by atoms with Gasteiger partial charge in [-0.1, -0.05) is 25.5 Å². The van der Waals surface area contributed by atoms with Gasteiger partial charge in [-0.25, -0.2) is 0 Å². The molecule has 0 aliphatic heterocycles. The van der Waals surface area contributed by atoms with Crippen molar-refractivity contribution in [2.75, 3.05) is 0 Å². The number of carbonyl (C=O) groups excluding carboxylic acids is 1. The Morgan fingerprint density at radius 2 is 1.78 bits per heavy atom. The van der Waals surface area contributed by atoms with Crippen LogP contribution in [0.15, 0.2) is 11.6 Å². The molecule has 3 fully saturated rings. The zero-order chi connectivity index (χ0) is 20.0. The molecule has 0 aromatic carbocycles. The van der Waals surface area contributed by atoms with Crippen molar-refractivity contribution >= 4 is 5.78 Å².